The number of nitrogens with zero attached hydrogens (tertiary/aromatic N) is 2. The number of hydrogen-bond acceptors (Lipinski definition) is 4. The van der Waals surface area contributed by atoms with Gasteiger partial charge < -0.3 is 15.0 Å². The molecule has 1 atom stereocenters. The second-order valence-corrected chi connectivity index (χ2v) is 7.04. The van der Waals surface area contributed by atoms with Crippen molar-refractivity contribution in [2.24, 2.45) is 12.8 Å². The van der Waals surface area contributed by atoms with Gasteiger partial charge in [-0.25, -0.2) is 0 Å². The fourth-order valence-corrected chi connectivity index (χ4v) is 3.76. The van der Waals surface area contributed by atoms with Crippen LogP contribution in [0.2, 0.25) is 10.0 Å². The summed E-state index contributed by atoms with van der Waals surface area (Å²) in [5.41, 5.74) is 7.64. The fourth-order valence-electron chi connectivity index (χ4n) is 3.45. The molecule has 0 aliphatic carbocycles. The molecule has 7 heteroatoms. The maximum absolute atomic E-state index is 13.2. The number of halogens is 2. The predicted octanol–water partition coefficient (Wildman–Crippen LogP) is 4.06. The van der Waals surface area contributed by atoms with Gasteiger partial charge in [0, 0.05) is 12.4 Å². The molecule has 2 aromatic carbocycles. The summed E-state index contributed by atoms with van der Waals surface area (Å²) in [7, 11) is 1.69. The average molecular weight is 398 g/mol. The quantitative estimate of drug-likeness (QED) is 0.670. The van der Waals surface area contributed by atoms with E-state index in [0.717, 1.165) is 5.39 Å². The standard InChI is InChI=1S/C20H13Cl2N3O2/c1-25-15-5-3-2-4-11(15)18-17(20(25)26)16(12(9-23)19(24)27-18)10-6-7-13(21)14(22)8-10/h2-8,16H,24H2,1H3. The fraction of sp³-hybridized carbons (Fsp3) is 0.100. The number of nitrogens with two attached hydrogens (primary N) is 1. The summed E-state index contributed by atoms with van der Waals surface area (Å²) >= 11 is 12.2. The van der Waals surface area contributed by atoms with E-state index in [1.807, 2.05) is 24.3 Å². The lowest BCUT2D eigenvalue weighted by Gasteiger charge is -2.27. The first-order valence-electron chi connectivity index (χ1n) is 8.08. The highest BCUT2D eigenvalue weighted by atomic mass is 35.5. The Bertz CT molecular complexity index is 1240. The van der Waals surface area contributed by atoms with Gasteiger partial charge in [-0.2, -0.15) is 5.26 Å². The number of ether oxygens (including phenoxy) is 1. The van der Waals surface area contributed by atoms with Gasteiger partial charge in [-0.15, -0.1) is 0 Å². The monoisotopic (exact) mass is 397 g/mol. The molecule has 3 aromatic rings. The third-order valence-corrected chi connectivity index (χ3v) is 5.48. The van der Waals surface area contributed by atoms with Crippen molar-refractivity contribution < 1.29 is 4.74 Å². The van der Waals surface area contributed by atoms with Gasteiger partial charge in [-0.1, -0.05) is 41.4 Å². The third-order valence-electron chi connectivity index (χ3n) is 4.74. The zero-order chi connectivity index (χ0) is 19.3. The molecule has 1 unspecified atom stereocenters. The average Bonchev–Trinajstić information content (AvgIpc) is 2.67. The Morgan fingerprint density at radius 2 is 1.93 bits per heavy atom. The molecule has 134 valence electrons. The minimum atomic E-state index is -0.697. The Morgan fingerprint density at radius 3 is 2.63 bits per heavy atom. The molecule has 0 saturated carbocycles. The minimum Gasteiger partial charge on any atom is -0.439 e. The van der Waals surface area contributed by atoms with Crippen LogP contribution in [0.5, 0.6) is 5.75 Å². The molecular formula is C20H13Cl2N3O2. The van der Waals surface area contributed by atoms with Crippen molar-refractivity contribution in [3.63, 3.8) is 0 Å². The molecule has 1 aliphatic heterocycles. The van der Waals surface area contributed by atoms with Crippen LogP contribution in [0, 0.1) is 11.3 Å². The number of nitriles is 1. The summed E-state index contributed by atoms with van der Waals surface area (Å²) in [4.78, 5) is 13.2. The number of hydrogen-bond donors (Lipinski definition) is 1. The van der Waals surface area contributed by atoms with Gasteiger partial charge in [0.15, 0.2) is 0 Å². The van der Waals surface area contributed by atoms with E-state index < -0.39 is 5.92 Å². The Morgan fingerprint density at radius 1 is 1.19 bits per heavy atom. The van der Waals surface area contributed by atoms with Crippen LogP contribution in [0.25, 0.3) is 10.9 Å². The van der Waals surface area contributed by atoms with Crippen LogP contribution >= 0.6 is 23.2 Å². The third kappa shape index (κ3) is 2.57. The summed E-state index contributed by atoms with van der Waals surface area (Å²) in [6, 6.07) is 14.4. The highest BCUT2D eigenvalue weighted by Gasteiger charge is 2.35. The highest BCUT2D eigenvalue weighted by molar-refractivity contribution is 6.42. The second-order valence-electron chi connectivity index (χ2n) is 6.22. The molecule has 0 fully saturated rings. The van der Waals surface area contributed by atoms with Crippen LogP contribution in [0.15, 0.2) is 58.7 Å². The molecule has 0 amide bonds. The van der Waals surface area contributed by atoms with E-state index in [4.69, 9.17) is 33.7 Å². The van der Waals surface area contributed by atoms with E-state index in [9.17, 15) is 10.1 Å². The van der Waals surface area contributed by atoms with E-state index in [1.165, 1.54) is 0 Å². The topological polar surface area (TPSA) is 81.0 Å². The zero-order valence-electron chi connectivity index (χ0n) is 14.2. The lowest BCUT2D eigenvalue weighted by molar-refractivity contribution is 0.396. The first-order chi connectivity index (χ1) is 12.9. The van der Waals surface area contributed by atoms with Gasteiger partial charge in [0.25, 0.3) is 5.56 Å². The minimum absolute atomic E-state index is 0.0283. The van der Waals surface area contributed by atoms with Crippen molar-refractivity contribution in [2.75, 3.05) is 0 Å². The smallest absolute Gasteiger partial charge is 0.258 e. The van der Waals surface area contributed by atoms with Crippen LogP contribution in [-0.4, -0.2) is 4.57 Å². The molecule has 27 heavy (non-hydrogen) atoms. The van der Waals surface area contributed by atoms with Crippen molar-refractivity contribution in [1.29, 1.82) is 5.26 Å². The number of allylic oxidation sites excluding steroid dienone is 1. The number of benzene rings is 2. The van der Waals surface area contributed by atoms with E-state index in [0.29, 0.717) is 32.4 Å². The Labute approximate surface area is 164 Å². The lowest BCUT2D eigenvalue weighted by Crippen LogP contribution is -2.31. The molecule has 0 radical (unpaired) electrons. The SMILES string of the molecule is Cn1c(=O)c2c(c3ccccc31)OC(N)=C(C#N)C2c1ccc(Cl)c(Cl)c1. The van der Waals surface area contributed by atoms with Crippen molar-refractivity contribution in [2.45, 2.75) is 5.92 Å². The molecule has 1 aliphatic rings. The number of aryl methyl sites for hydroxylation is 1. The van der Waals surface area contributed by atoms with E-state index in [2.05, 4.69) is 6.07 Å². The maximum Gasteiger partial charge on any atom is 0.258 e. The molecule has 2 N–H and O–H groups in total. The van der Waals surface area contributed by atoms with Crippen LogP contribution in [0.1, 0.15) is 17.0 Å². The van der Waals surface area contributed by atoms with Gasteiger partial charge in [0.05, 0.1) is 27.0 Å². The molecule has 0 saturated heterocycles. The first-order valence-corrected chi connectivity index (χ1v) is 8.83. The number of pyridine rings is 1. The highest BCUT2D eigenvalue weighted by Crippen LogP contribution is 2.44. The van der Waals surface area contributed by atoms with Crippen molar-refractivity contribution in [3.8, 4) is 11.8 Å². The Balaban J connectivity index is 2.13. The summed E-state index contributed by atoms with van der Waals surface area (Å²) in [5.74, 6) is -0.363. The van der Waals surface area contributed by atoms with Crippen molar-refractivity contribution >= 4 is 34.1 Å². The second kappa shape index (κ2) is 6.34. The van der Waals surface area contributed by atoms with Gasteiger partial charge in [-0.05, 0) is 29.8 Å². The summed E-state index contributed by atoms with van der Waals surface area (Å²) in [6.45, 7) is 0. The molecule has 1 aromatic heterocycles. The van der Waals surface area contributed by atoms with Crippen LogP contribution in [-0.2, 0) is 7.05 Å². The van der Waals surface area contributed by atoms with Gasteiger partial charge in [-0.3, -0.25) is 4.79 Å². The molecule has 2 heterocycles. The van der Waals surface area contributed by atoms with Crippen LogP contribution < -0.4 is 16.0 Å². The van der Waals surface area contributed by atoms with Crippen molar-refractivity contribution in [1.82, 2.24) is 4.57 Å². The van der Waals surface area contributed by atoms with Gasteiger partial charge in [0.2, 0.25) is 5.88 Å². The Kier molecular flexibility index (Phi) is 4.11. The van der Waals surface area contributed by atoms with E-state index in [1.54, 1.807) is 29.8 Å². The molecular weight excluding hydrogens is 385 g/mol. The molecule has 4 rings (SSSR count). The molecule has 0 spiro atoms. The normalized spacial score (nSPS) is 16.0. The largest absolute Gasteiger partial charge is 0.439 e. The summed E-state index contributed by atoms with van der Waals surface area (Å²) < 4.78 is 7.29. The number of para-hydroxylation sites is 1. The lowest BCUT2D eigenvalue weighted by atomic mass is 9.83. The number of fused-ring (bicyclic) bond motifs is 3. The van der Waals surface area contributed by atoms with E-state index in [-0.39, 0.29) is 17.0 Å². The number of aromatic nitrogens is 1. The van der Waals surface area contributed by atoms with Crippen molar-refractivity contribution in [3.05, 3.63) is 85.4 Å². The molecule has 0 bridgehead atoms. The van der Waals surface area contributed by atoms with Gasteiger partial charge >= 0.3 is 0 Å². The van der Waals surface area contributed by atoms with E-state index >= 15 is 0 Å². The molecule has 5 nitrogen and oxygen atoms in total. The maximum atomic E-state index is 13.2. The summed E-state index contributed by atoms with van der Waals surface area (Å²) in [5, 5.41) is 11.1. The Hall–Kier alpha value is -2.94. The van der Waals surface area contributed by atoms with Crippen LogP contribution in [0.4, 0.5) is 0 Å². The van der Waals surface area contributed by atoms with Gasteiger partial charge in [0.1, 0.15) is 17.4 Å². The summed E-state index contributed by atoms with van der Waals surface area (Å²) in [6.07, 6.45) is 0. The van der Waals surface area contributed by atoms with Crippen LogP contribution in [0.3, 0.4) is 0 Å². The number of rotatable bonds is 1. The predicted molar refractivity (Wildman–Crippen MR) is 105 cm³/mol. The first kappa shape index (κ1) is 17.5. The zero-order valence-corrected chi connectivity index (χ0v) is 15.7.